The van der Waals surface area contributed by atoms with E-state index in [2.05, 4.69) is 30.7 Å². The summed E-state index contributed by atoms with van der Waals surface area (Å²) in [5.74, 6) is 0. The zero-order valence-corrected chi connectivity index (χ0v) is 13.8. The van der Waals surface area contributed by atoms with Gasteiger partial charge < -0.3 is 9.47 Å². The average molecular weight is 329 g/mol. The van der Waals surface area contributed by atoms with Crippen molar-refractivity contribution in [3.63, 3.8) is 0 Å². The fourth-order valence-electron chi connectivity index (χ4n) is 3.60. The number of hydrogen-bond donors (Lipinski definition) is 0. The number of ether oxygens (including phenoxy) is 2. The SMILES string of the molecule is c1cnc(OCC2CCn3nccc3CN2C2CCOCC2)nc1. The van der Waals surface area contributed by atoms with E-state index in [0.717, 1.165) is 45.6 Å². The van der Waals surface area contributed by atoms with Crippen LogP contribution in [0.2, 0.25) is 0 Å². The van der Waals surface area contributed by atoms with Crippen molar-refractivity contribution in [3.8, 4) is 6.01 Å². The molecule has 0 bridgehead atoms. The first kappa shape index (κ1) is 15.5. The van der Waals surface area contributed by atoms with E-state index < -0.39 is 0 Å². The molecule has 128 valence electrons. The highest BCUT2D eigenvalue weighted by Gasteiger charge is 2.31. The molecular weight excluding hydrogens is 306 g/mol. The highest BCUT2D eigenvalue weighted by atomic mass is 16.5. The Hall–Kier alpha value is -1.99. The van der Waals surface area contributed by atoms with Crippen LogP contribution in [0.15, 0.2) is 30.7 Å². The van der Waals surface area contributed by atoms with Crippen LogP contribution in [-0.4, -0.2) is 56.6 Å². The molecule has 7 heteroatoms. The van der Waals surface area contributed by atoms with Crippen molar-refractivity contribution in [2.75, 3.05) is 19.8 Å². The topological polar surface area (TPSA) is 65.3 Å². The van der Waals surface area contributed by atoms with Crippen LogP contribution < -0.4 is 4.74 Å². The van der Waals surface area contributed by atoms with E-state index in [-0.39, 0.29) is 0 Å². The molecule has 0 aromatic carbocycles. The third kappa shape index (κ3) is 3.42. The molecule has 0 aliphatic carbocycles. The molecule has 0 N–H and O–H groups in total. The average Bonchev–Trinajstić information content (AvgIpc) is 3.02. The maximum Gasteiger partial charge on any atom is 0.316 e. The van der Waals surface area contributed by atoms with Gasteiger partial charge in [0.05, 0.1) is 5.69 Å². The Kier molecular flexibility index (Phi) is 4.71. The van der Waals surface area contributed by atoms with Crippen molar-refractivity contribution in [3.05, 3.63) is 36.4 Å². The van der Waals surface area contributed by atoms with E-state index >= 15 is 0 Å². The number of hydrogen-bond acceptors (Lipinski definition) is 6. The van der Waals surface area contributed by atoms with Gasteiger partial charge in [0.15, 0.2) is 0 Å². The van der Waals surface area contributed by atoms with Crippen molar-refractivity contribution in [1.29, 1.82) is 0 Å². The van der Waals surface area contributed by atoms with Gasteiger partial charge in [-0.25, -0.2) is 9.97 Å². The zero-order chi connectivity index (χ0) is 16.2. The van der Waals surface area contributed by atoms with Crippen molar-refractivity contribution >= 4 is 0 Å². The number of fused-ring (bicyclic) bond motifs is 1. The van der Waals surface area contributed by atoms with Crippen molar-refractivity contribution in [2.24, 2.45) is 0 Å². The van der Waals surface area contributed by atoms with Gasteiger partial charge in [-0.15, -0.1) is 0 Å². The van der Waals surface area contributed by atoms with Crippen LogP contribution in [0, 0.1) is 0 Å². The minimum absolute atomic E-state index is 0.332. The first-order valence-electron chi connectivity index (χ1n) is 8.64. The Morgan fingerprint density at radius 2 is 1.96 bits per heavy atom. The molecule has 7 nitrogen and oxygen atoms in total. The Labute approximate surface area is 141 Å². The first-order chi connectivity index (χ1) is 11.9. The summed E-state index contributed by atoms with van der Waals surface area (Å²) in [4.78, 5) is 10.9. The predicted molar refractivity (Wildman–Crippen MR) is 87.5 cm³/mol. The van der Waals surface area contributed by atoms with Gasteiger partial charge in [0, 0.05) is 57.0 Å². The summed E-state index contributed by atoms with van der Waals surface area (Å²) in [5, 5.41) is 4.45. The van der Waals surface area contributed by atoms with Crippen LogP contribution in [0.5, 0.6) is 6.01 Å². The second kappa shape index (κ2) is 7.27. The summed E-state index contributed by atoms with van der Waals surface area (Å²) in [6.45, 7) is 4.12. The summed E-state index contributed by atoms with van der Waals surface area (Å²) >= 11 is 0. The summed E-state index contributed by atoms with van der Waals surface area (Å²) < 4.78 is 13.5. The predicted octanol–water partition coefficient (Wildman–Crippen LogP) is 1.51. The molecule has 24 heavy (non-hydrogen) atoms. The molecule has 0 saturated carbocycles. The Morgan fingerprint density at radius 1 is 1.12 bits per heavy atom. The highest BCUT2D eigenvalue weighted by Crippen LogP contribution is 2.25. The molecule has 1 saturated heterocycles. The normalized spacial score (nSPS) is 22.8. The number of aryl methyl sites for hydroxylation is 1. The van der Waals surface area contributed by atoms with E-state index in [1.165, 1.54) is 5.69 Å². The van der Waals surface area contributed by atoms with Crippen molar-refractivity contribution in [1.82, 2.24) is 24.6 Å². The summed E-state index contributed by atoms with van der Waals surface area (Å²) in [6, 6.07) is 5.23. The summed E-state index contributed by atoms with van der Waals surface area (Å²) in [6.07, 6.45) is 8.48. The van der Waals surface area contributed by atoms with Crippen LogP contribution in [0.4, 0.5) is 0 Å². The smallest absolute Gasteiger partial charge is 0.316 e. The number of nitrogens with zero attached hydrogens (tertiary/aromatic N) is 5. The van der Waals surface area contributed by atoms with Crippen molar-refractivity contribution < 1.29 is 9.47 Å². The lowest BCUT2D eigenvalue weighted by molar-refractivity contribution is 0.00154. The maximum absolute atomic E-state index is 5.87. The number of aromatic nitrogens is 4. The molecule has 2 aliphatic rings. The standard InChI is InChI=1S/C17H23N5O2/c1-6-18-17(19-7-1)24-13-16-3-9-22-15(2-8-20-22)12-21(16)14-4-10-23-11-5-14/h1-2,6-8,14,16H,3-5,9-13H2. The monoisotopic (exact) mass is 329 g/mol. The molecule has 2 aliphatic heterocycles. The van der Waals surface area contributed by atoms with Gasteiger partial charge in [-0.05, 0) is 31.4 Å². The lowest BCUT2D eigenvalue weighted by Gasteiger charge is -2.38. The molecule has 1 unspecified atom stereocenters. The second-order valence-corrected chi connectivity index (χ2v) is 6.35. The van der Waals surface area contributed by atoms with E-state index in [9.17, 15) is 0 Å². The van der Waals surface area contributed by atoms with Crippen LogP contribution >= 0.6 is 0 Å². The van der Waals surface area contributed by atoms with E-state index in [0.29, 0.717) is 24.7 Å². The largest absolute Gasteiger partial charge is 0.462 e. The number of rotatable bonds is 4. The lowest BCUT2D eigenvalue weighted by atomic mass is 10.0. The fourth-order valence-corrected chi connectivity index (χ4v) is 3.60. The minimum atomic E-state index is 0.332. The molecule has 0 spiro atoms. The quantitative estimate of drug-likeness (QED) is 0.847. The van der Waals surface area contributed by atoms with Crippen molar-refractivity contribution in [2.45, 2.75) is 44.4 Å². The van der Waals surface area contributed by atoms with Gasteiger partial charge in [-0.3, -0.25) is 9.58 Å². The van der Waals surface area contributed by atoms with Crippen LogP contribution in [0.25, 0.3) is 0 Å². The first-order valence-corrected chi connectivity index (χ1v) is 8.64. The molecule has 0 amide bonds. The maximum atomic E-state index is 5.87. The zero-order valence-electron chi connectivity index (χ0n) is 13.8. The summed E-state index contributed by atoms with van der Waals surface area (Å²) in [7, 11) is 0. The van der Waals surface area contributed by atoms with Gasteiger partial charge in [-0.2, -0.15) is 5.10 Å². The molecule has 0 radical (unpaired) electrons. The molecule has 2 aromatic rings. The van der Waals surface area contributed by atoms with Crippen LogP contribution in [0.1, 0.15) is 25.0 Å². The molecule has 1 fully saturated rings. The third-order valence-corrected chi connectivity index (χ3v) is 4.90. The van der Waals surface area contributed by atoms with E-state index in [1.54, 1.807) is 18.5 Å². The lowest BCUT2D eigenvalue weighted by Crippen LogP contribution is -2.47. The highest BCUT2D eigenvalue weighted by molar-refractivity contribution is 5.04. The second-order valence-electron chi connectivity index (χ2n) is 6.35. The molecule has 4 heterocycles. The van der Waals surface area contributed by atoms with Crippen LogP contribution in [-0.2, 0) is 17.8 Å². The Bertz CT molecular complexity index is 641. The fraction of sp³-hybridized carbons (Fsp3) is 0.588. The van der Waals surface area contributed by atoms with Gasteiger partial charge >= 0.3 is 6.01 Å². The Balaban J connectivity index is 1.49. The van der Waals surface area contributed by atoms with Gasteiger partial charge in [0.1, 0.15) is 6.61 Å². The van der Waals surface area contributed by atoms with E-state index in [1.807, 2.05) is 6.20 Å². The molecule has 4 rings (SSSR count). The third-order valence-electron chi connectivity index (χ3n) is 4.90. The van der Waals surface area contributed by atoms with Gasteiger partial charge in [-0.1, -0.05) is 0 Å². The minimum Gasteiger partial charge on any atom is -0.462 e. The van der Waals surface area contributed by atoms with Crippen LogP contribution in [0.3, 0.4) is 0 Å². The summed E-state index contributed by atoms with van der Waals surface area (Å²) in [5.41, 5.74) is 1.28. The van der Waals surface area contributed by atoms with Gasteiger partial charge in [0.2, 0.25) is 0 Å². The van der Waals surface area contributed by atoms with Gasteiger partial charge in [0.25, 0.3) is 0 Å². The molecule has 2 aromatic heterocycles. The van der Waals surface area contributed by atoms with E-state index in [4.69, 9.17) is 9.47 Å². The Morgan fingerprint density at radius 3 is 2.79 bits per heavy atom. The molecule has 1 atom stereocenters. The molecular formula is C17H23N5O2.